The monoisotopic (exact) mass is 325 g/mol. The molecule has 0 amide bonds. The summed E-state index contributed by atoms with van der Waals surface area (Å²) >= 11 is 0. The quantitative estimate of drug-likeness (QED) is 0.859. The van der Waals surface area contributed by atoms with Crippen molar-refractivity contribution in [3.63, 3.8) is 0 Å². The Labute approximate surface area is 144 Å². The molecule has 2 aliphatic rings. The summed E-state index contributed by atoms with van der Waals surface area (Å²) in [7, 11) is 1.89. The summed E-state index contributed by atoms with van der Waals surface area (Å²) in [6, 6.07) is 10.6. The molecule has 0 unspecified atom stereocenters. The fourth-order valence-corrected chi connectivity index (χ4v) is 4.85. The molecule has 4 heteroatoms. The SMILES string of the molecule is CO[C@@H]1CCC[C@@]12CCCN(Cc1ccccc1-n1cccn1)C2. The number of piperidine rings is 1. The molecule has 1 aromatic heterocycles. The summed E-state index contributed by atoms with van der Waals surface area (Å²) in [5.74, 6) is 0. The van der Waals surface area contributed by atoms with Crippen molar-refractivity contribution in [1.82, 2.24) is 14.7 Å². The molecule has 24 heavy (non-hydrogen) atoms. The second kappa shape index (κ2) is 6.69. The van der Waals surface area contributed by atoms with Crippen LogP contribution in [0.2, 0.25) is 0 Å². The maximum Gasteiger partial charge on any atom is 0.0690 e. The predicted octanol–water partition coefficient (Wildman–Crippen LogP) is 3.65. The zero-order valence-corrected chi connectivity index (χ0v) is 14.5. The van der Waals surface area contributed by atoms with Crippen molar-refractivity contribution in [2.24, 2.45) is 5.41 Å². The Morgan fingerprint density at radius 3 is 2.92 bits per heavy atom. The molecule has 0 radical (unpaired) electrons. The number of methoxy groups -OCH3 is 1. The van der Waals surface area contributed by atoms with E-state index < -0.39 is 0 Å². The zero-order valence-electron chi connectivity index (χ0n) is 14.5. The Kier molecular flexibility index (Phi) is 4.42. The van der Waals surface area contributed by atoms with Gasteiger partial charge >= 0.3 is 0 Å². The van der Waals surface area contributed by atoms with Crippen LogP contribution in [0.3, 0.4) is 0 Å². The number of hydrogen-bond donors (Lipinski definition) is 0. The fraction of sp³-hybridized carbons (Fsp3) is 0.550. The van der Waals surface area contributed by atoms with E-state index in [-0.39, 0.29) is 0 Å². The summed E-state index contributed by atoms with van der Waals surface area (Å²) in [4.78, 5) is 2.63. The van der Waals surface area contributed by atoms with Crippen LogP contribution in [0.15, 0.2) is 42.7 Å². The number of hydrogen-bond acceptors (Lipinski definition) is 3. The maximum absolute atomic E-state index is 5.84. The van der Waals surface area contributed by atoms with E-state index in [0.717, 1.165) is 6.54 Å². The molecule has 0 N–H and O–H groups in total. The molecule has 4 rings (SSSR count). The first-order chi connectivity index (χ1) is 11.8. The summed E-state index contributed by atoms with van der Waals surface area (Å²) < 4.78 is 7.82. The minimum atomic E-state index is 0.383. The van der Waals surface area contributed by atoms with E-state index in [1.54, 1.807) is 0 Å². The van der Waals surface area contributed by atoms with Gasteiger partial charge in [-0.2, -0.15) is 5.10 Å². The molecular weight excluding hydrogens is 298 g/mol. The van der Waals surface area contributed by atoms with Gasteiger partial charge in [0.15, 0.2) is 0 Å². The van der Waals surface area contributed by atoms with Crippen LogP contribution in [0.4, 0.5) is 0 Å². The van der Waals surface area contributed by atoms with E-state index in [4.69, 9.17) is 4.74 Å². The number of para-hydroxylation sites is 1. The van der Waals surface area contributed by atoms with Gasteiger partial charge in [-0.05, 0) is 49.9 Å². The molecule has 0 bridgehead atoms. The van der Waals surface area contributed by atoms with Crippen molar-refractivity contribution in [2.75, 3.05) is 20.2 Å². The van der Waals surface area contributed by atoms with Crippen molar-refractivity contribution in [3.05, 3.63) is 48.3 Å². The van der Waals surface area contributed by atoms with Crippen LogP contribution in [-0.2, 0) is 11.3 Å². The Hall–Kier alpha value is -1.65. The first-order valence-corrected chi connectivity index (χ1v) is 9.14. The van der Waals surface area contributed by atoms with E-state index >= 15 is 0 Å². The van der Waals surface area contributed by atoms with Crippen LogP contribution in [0.5, 0.6) is 0 Å². The Balaban J connectivity index is 1.54. The van der Waals surface area contributed by atoms with Crippen LogP contribution in [-0.4, -0.2) is 41.0 Å². The van der Waals surface area contributed by atoms with Gasteiger partial charge in [-0.15, -0.1) is 0 Å². The highest BCUT2D eigenvalue weighted by molar-refractivity contribution is 5.40. The van der Waals surface area contributed by atoms with Crippen LogP contribution < -0.4 is 0 Å². The molecule has 2 aromatic rings. The van der Waals surface area contributed by atoms with Gasteiger partial charge in [-0.3, -0.25) is 4.90 Å². The van der Waals surface area contributed by atoms with E-state index in [1.165, 1.54) is 56.4 Å². The number of rotatable bonds is 4. The second-order valence-electron chi connectivity index (χ2n) is 7.37. The van der Waals surface area contributed by atoms with Crippen molar-refractivity contribution in [2.45, 2.75) is 44.8 Å². The smallest absolute Gasteiger partial charge is 0.0690 e. The predicted molar refractivity (Wildman–Crippen MR) is 95.2 cm³/mol. The third-order valence-electron chi connectivity index (χ3n) is 5.93. The molecule has 1 spiro atoms. The van der Waals surface area contributed by atoms with Gasteiger partial charge in [0.1, 0.15) is 0 Å². The molecule has 4 nitrogen and oxygen atoms in total. The van der Waals surface area contributed by atoms with E-state index in [2.05, 4.69) is 34.3 Å². The number of aromatic nitrogens is 2. The highest BCUT2D eigenvalue weighted by Crippen LogP contribution is 2.46. The molecule has 1 aromatic carbocycles. The van der Waals surface area contributed by atoms with Crippen molar-refractivity contribution >= 4 is 0 Å². The third kappa shape index (κ3) is 2.89. The lowest BCUT2D eigenvalue weighted by Crippen LogP contribution is -2.47. The Bertz CT molecular complexity index is 669. The molecule has 2 atom stereocenters. The zero-order chi connectivity index (χ0) is 16.4. The van der Waals surface area contributed by atoms with Gasteiger partial charge in [-0.1, -0.05) is 24.6 Å². The van der Waals surface area contributed by atoms with Gasteiger partial charge in [0, 0.05) is 38.0 Å². The van der Waals surface area contributed by atoms with E-state index in [9.17, 15) is 0 Å². The van der Waals surface area contributed by atoms with Crippen molar-refractivity contribution in [1.29, 1.82) is 0 Å². The molecular formula is C20H27N3O. The number of likely N-dealkylation sites (tertiary alicyclic amines) is 1. The lowest BCUT2D eigenvalue weighted by atomic mass is 9.76. The lowest BCUT2D eigenvalue weighted by molar-refractivity contribution is -0.0366. The normalized spacial score (nSPS) is 27.8. The molecule has 128 valence electrons. The lowest BCUT2D eigenvalue weighted by Gasteiger charge is -2.43. The molecule has 1 saturated carbocycles. The first-order valence-electron chi connectivity index (χ1n) is 9.14. The largest absolute Gasteiger partial charge is 0.381 e. The maximum atomic E-state index is 5.84. The van der Waals surface area contributed by atoms with Crippen LogP contribution in [0, 0.1) is 5.41 Å². The van der Waals surface area contributed by atoms with Crippen LogP contribution in [0.25, 0.3) is 5.69 Å². The highest BCUT2D eigenvalue weighted by atomic mass is 16.5. The average Bonchev–Trinajstić information content (AvgIpc) is 3.26. The first kappa shape index (κ1) is 15.9. The van der Waals surface area contributed by atoms with Gasteiger partial charge < -0.3 is 4.74 Å². The van der Waals surface area contributed by atoms with Gasteiger partial charge in [0.05, 0.1) is 11.8 Å². The van der Waals surface area contributed by atoms with E-state index in [0.29, 0.717) is 11.5 Å². The summed E-state index contributed by atoms with van der Waals surface area (Å²) in [5.41, 5.74) is 2.93. The van der Waals surface area contributed by atoms with Gasteiger partial charge in [0.25, 0.3) is 0 Å². The van der Waals surface area contributed by atoms with E-state index in [1.807, 2.05) is 30.3 Å². The standard InChI is InChI=1S/C20H27N3O/c1-24-19-9-4-10-20(19)11-5-13-22(16-20)15-17-7-2-3-8-18(17)23-14-6-12-21-23/h2-3,6-8,12,14,19H,4-5,9-11,13,15-16H2,1H3/t19-,20+/m1/s1. The van der Waals surface area contributed by atoms with Crippen molar-refractivity contribution in [3.8, 4) is 5.69 Å². The topological polar surface area (TPSA) is 30.3 Å². The molecule has 1 aliphatic carbocycles. The molecule has 1 saturated heterocycles. The van der Waals surface area contributed by atoms with Gasteiger partial charge in [0.2, 0.25) is 0 Å². The highest BCUT2D eigenvalue weighted by Gasteiger charge is 2.45. The minimum absolute atomic E-state index is 0.383. The number of nitrogens with zero attached hydrogens (tertiary/aromatic N) is 3. The fourth-order valence-electron chi connectivity index (χ4n) is 4.85. The minimum Gasteiger partial charge on any atom is -0.381 e. The molecule has 2 fully saturated rings. The average molecular weight is 325 g/mol. The number of ether oxygens (including phenoxy) is 1. The van der Waals surface area contributed by atoms with Gasteiger partial charge in [-0.25, -0.2) is 4.68 Å². The summed E-state index contributed by atoms with van der Waals surface area (Å²) in [6.07, 6.45) is 10.8. The summed E-state index contributed by atoms with van der Waals surface area (Å²) in [6.45, 7) is 3.35. The van der Waals surface area contributed by atoms with Crippen LogP contribution in [0.1, 0.15) is 37.7 Å². The Morgan fingerprint density at radius 2 is 2.08 bits per heavy atom. The second-order valence-corrected chi connectivity index (χ2v) is 7.37. The molecule has 1 aliphatic heterocycles. The van der Waals surface area contributed by atoms with Crippen molar-refractivity contribution < 1.29 is 4.74 Å². The third-order valence-corrected chi connectivity index (χ3v) is 5.93. The Morgan fingerprint density at radius 1 is 1.21 bits per heavy atom. The summed E-state index contributed by atoms with van der Waals surface area (Å²) in [5, 5.41) is 4.41. The number of benzene rings is 1. The van der Waals surface area contributed by atoms with Crippen LogP contribution >= 0.6 is 0 Å². The molecule has 2 heterocycles.